The molecule has 0 rings (SSSR count). The Morgan fingerprint density at radius 1 is 0.840 bits per heavy atom. The Kier molecular flexibility index (Phi) is 26.1. The SMILES string of the molecule is CCCCCI.CCCCCN(CCCCC)CCCOC(=O)NC. The molecule has 1 N–H and O–H groups in total. The molecule has 0 saturated carbocycles. The minimum absolute atomic E-state index is 0.330. The average Bonchev–Trinajstić information content (AvgIpc) is 2.63. The Hall–Kier alpha value is -0.0400. The van der Waals surface area contributed by atoms with Crippen LogP contribution in [0.4, 0.5) is 4.79 Å². The number of rotatable bonds is 15. The third-order valence-corrected chi connectivity index (χ3v) is 4.71. The first kappa shape index (κ1) is 27.2. The quantitative estimate of drug-likeness (QED) is 0.181. The van der Waals surface area contributed by atoms with Gasteiger partial charge in [0.05, 0.1) is 6.61 Å². The van der Waals surface area contributed by atoms with Gasteiger partial charge in [-0.05, 0) is 43.2 Å². The third-order valence-electron chi connectivity index (χ3n) is 3.95. The Balaban J connectivity index is 0. The molecule has 4 nitrogen and oxygen atoms in total. The van der Waals surface area contributed by atoms with Crippen LogP contribution in [-0.2, 0) is 4.74 Å². The van der Waals surface area contributed by atoms with Gasteiger partial charge in [0.1, 0.15) is 0 Å². The number of alkyl carbamates (subject to hydrolysis) is 1. The lowest BCUT2D eigenvalue weighted by molar-refractivity contribution is 0.139. The van der Waals surface area contributed by atoms with Crippen LogP contribution in [0.1, 0.15) is 85.0 Å². The second kappa shape index (κ2) is 24.0. The first-order valence-corrected chi connectivity index (χ1v) is 11.8. The highest BCUT2D eigenvalue weighted by Crippen LogP contribution is 2.04. The predicted octanol–water partition coefficient (Wildman–Crippen LogP) is 6.03. The topological polar surface area (TPSA) is 41.6 Å². The predicted molar refractivity (Wildman–Crippen MR) is 119 cm³/mol. The van der Waals surface area contributed by atoms with Crippen molar-refractivity contribution in [3.05, 3.63) is 0 Å². The van der Waals surface area contributed by atoms with E-state index in [4.69, 9.17) is 4.74 Å². The van der Waals surface area contributed by atoms with E-state index in [1.165, 1.54) is 75.3 Å². The molecule has 0 spiro atoms. The number of unbranched alkanes of at least 4 members (excludes halogenated alkanes) is 6. The smallest absolute Gasteiger partial charge is 0.406 e. The van der Waals surface area contributed by atoms with Gasteiger partial charge in [0.25, 0.3) is 0 Å². The van der Waals surface area contributed by atoms with Gasteiger partial charge in [-0.15, -0.1) is 0 Å². The standard InChI is InChI=1S/C15H32N2O2.C5H11I/c1-4-6-8-11-17(12-9-7-5-2)13-10-14-19-15(18)16-3;1-2-3-4-5-6/h4-14H2,1-3H3,(H,16,18);2-5H2,1H3. The number of nitrogens with one attached hydrogen (secondary N) is 1. The van der Waals surface area contributed by atoms with E-state index in [1.54, 1.807) is 7.05 Å². The van der Waals surface area contributed by atoms with Crippen LogP contribution in [0.15, 0.2) is 0 Å². The number of amides is 1. The number of carbonyl (C=O) groups is 1. The van der Waals surface area contributed by atoms with Crippen molar-refractivity contribution in [2.75, 3.05) is 37.7 Å². The van der Waals surface area contributed by atoms with E-state index >= 15 is 0 Å². The molecule has 0 unspecified atom stereocenters. The number of carbonyl (C=O) groups excluding carboxylic acids is 1. The maximum atomic E-state index is 10.9. The van der Waals surface area contributed by atoms with Crippen LogP contribution in [-0.4, -0.2) is 48.7 Å². The Morgan fingerprint density at radius 2 is 1.32 bits per heavy atom. The van der Waals surface area contributed by atoms with Gasteiger partial charge in [-0.25, -0.2) is 4.79 Å². The number of nitrogens with zero attached hydrogens (tertiary/aromatic N) is 1. The number of ether oxygens (including phenoxy) is 1. The summed E-state index contributed by atoms with van der Waals surface area (Å²) >= 11 is 2.41. The van der Waals surface area contributed by atoms with Crippen molar-refractivity contribution in [1.82, 2.24) is 10.2 Å². The molecular weight excluding hydrogens is 427 g/mol. The number of hydrogen-bond acceptors (Lipinski definition) is 3. The molecule has 0 saturated heterocycles. The number of hydrogen-bond donors (Lipinski definition) is 1. The fraction of sp³-hybridized carbons (Fsp3) is 0.950. The minimum Gasteiger partial charge on any atom is -0.450 e. The van der Waals surface area contributed by atoms with Crippen LogP contribution in [0.2, 0.25) is 0 Å². The van der Waals surface area contributed by atoms with Crippen molar-refractivity contribution in [2.24, 2.45) is 0 Å². The zero-order chi connectivity index (χ0) is 19.2. The number of halogens is 1. The average molecular weight is 470 g/mol. The van der Waals surface area contributed by atoms with E-state index in [2.05, 4.69) is 53.6 Å². The largest absolute Gasteiger partial charge is 0.450 e. The highest BCUT2D eigenvalue weighted by molar-refractivity contribution is 14.1. The van der Waals surface area contributed by atoms with E-state index in [0.717, 1.165) is 13.0 Å². The Bertz CT molecular complexity index is 252. The van der Waals surface area contributed by atoms with Gasteiger partial charge in [0, 0.05) is 13.6 Å². The lowest BCUT2D eigenvalue weighted by atomic mass is 10.2. The molecule has 0 bridgehead atoms. The summed E-state index contributed by atoms with van der Waals surface area (Å²) in [6.07, 6.45) is 12.4. The lowest BCUT2D eigenvalue weighted by Crippen LogP contribution is -2.29. The van der Waals surface area contributed by atoms with Crippen LogP contribution < -0.4 is 5.32 Å². The van der Waals surface area contributed by atoms with Gasteiger partial charge < -0.3 is 15.0 Å². The van der Waals surface area contributed by atoms with E-state index in [1.807, 2.05) is 0 Å². The van der Waals surface area contributed by atoms with Crippen LogP contribution in [0.5, 0.6) is 0 Å². The molecule has 0 aliphatic heterocycles. The van der Waals surface area contributed by atoms with Crippen LogP contribution >= 0.6 is 22.6 Å². The van der Waals surface area contributed by atoms with E-state index in [0.29, 0.717) is 6.61 Å². The molecule has 0 aromatic carbocycles. The first-order valence-electron chi connectivity index (χ1n) is 10.3. The molecule has 0 aliphatic carbocycles. The Labute approximate surface area is 171 Å². The second-order valence-electron chi connectivity index (χ2n) is 6.39. The molecule has 1 amide bonds. The first-order chi connectivity index (χ1) is 12.2. The summed E-state index contributed by atoms with van der Waals surface area (Å²) in [5, 5.41) is 2.46. The zero-order valence-electron chi connectivity index (χ0n) is 17.2. The van der Waals surface area contributed by atoms with E-state index < -0.39 is 0 Å². The van der Waals surface area contributed by atoms with E-state index in [-0.39, 0.29) is 6.09 Å². The van der Waals surface area contributed by atoms with Gasteiger partial charge in [-0.3, -0.25) is 0 Å². The molecule has 0 aromatic rings. The van der Waals surface area contributed by atoms with Crippen molar-refractivity contribution in [2.45, 2.75) is 85.0 Å². The molecule has 5 heteroatoms. The fourth-order valence-electron chi connectivity index (χ4n) is 2.38. The molecule has 25 heavy (non-hydrogen) atoms. The van der Waals surface area contributed by atoms with Gasteiger partial charge >= 0.3 is 6.09 Å². The summed E-state index contributed by atoms with van der Waals surface area (Å²) in [6.45, 7) is 10.6. The molecule has 0 aliphatic rings. The molecule has 0 aromatic heterocycles. The zero-order valence-corrected chi connectivity index (χ0v) is 19.4. The highest BCUT2D eigenvalue weighted by Gasteiger charge is 2.05. The van der Waals surface area contributed by atoms with Crippen molar-refractivity contribution in [1.29, 1.82) is 0 Å². The summed E-state index contributed by atoms with van der Waals surface area (Å²) < 4.78 is 6.34. The third kappa shape index (κ3) is 24.0. The fourth-order valence-corrected chi connectivity index (χ4v) is 2.92. The summed E-state index contributed by atoms with van der Waals surface area (Å²) in [5.41, 5.74) is 0. The molecule has 152 valence electrons. The van der Waals surface area contributed by atoms with Crippen LogP contribution in [0, 0.1) is 0 Å². The summed E-state index contributed by atoms with van der Waals surface area (Å²) in [7, 11) is 1.59. The maximum absolute atomic E-state index is 10.9. The monoisotopic (exact) mass is 470 g/mol. The van der Waals surface area contributed by atoms with Gasteiger partial charge in [0.15, 0.2) is 0 Å². The molecule has 0 radical (unpaired) electrons. The molecule has 0 atom stereocenters. The van der Waals surface area contributed by atoms with Gasteiger partial charge in [-0.2, -0.15) is 0 Å². The number of alkyl halides is 1. The van der Waals surface area contributed by atoms with Crippen molar-refractivity contribution in [3.8, 4) is 0 Å². The van der Waals surface area contributed by atoms with Crippen molar-refractivity contribution in [3.63, 3.8) is 0 Å². The second-order valence-corrected chi connectivity index (χ2v) is 7.47. The summed E-state index contributed by atoms with van der Waals surface area (Å²) in [4.78, 5) is 13.4. The van der Waals surface area contributed by atoms with Crippen molar-refractivity contribution < 1.29 is 9.53 Å². The molecule has 0 fully saturated rings. The Morgan fingerprint density at radius 3 is 1.72 bits per heavy atom. The van der Waals surface area contributed by atoms with Crippen molar-refractivity contribution >= 4 is 28.7 Å². The van der Waals surface area contributed by atoms with Crippen LogP contribution in [0.25, 0.3) is 0 Å². The minimum atomic E-state index is -0.330. The normalized spacial score (nSPS) is 10.3. The van der Waals surface area contributed by atoms with Crippen LogP contribution in [0.3, 0.4) is 0 Å². The maximum Gasteiger partial charge on any atom is 0.406 e. The molecule has 0 heterocycles. The lowest BCUT2D eigenvalue weighted by Gasteiger charge is -2.22. The summed E-state index contributed by atoms with van der Waals surface area (Å²) in [5.74, 6) is 0. The van der Waals surface area contributed by atoms with Gasteiger partial charge in [-0.1, -0.05) is 81.9 Å². The van der Waals surface area contributed by atoms with Gasteiger partial charge in [0.2, 0.25) is 0 Å². The molecular formula is C20H43IN2O2. The highest BCUT2D eigenvalue weighted by atomic mass is 127. The van der Waals surface area contributed by atoms with E-state index in [9.17, 15) is 4.79 Å². The summed E-state index contributed by atoms with van der Waals surface area (Å²) in [6, 6.07) is 0.